The van der Waals surface area contributed by atoms with Crippen molar-refractivity contribution in [3.05, 3.63) is 60.3 Å². The van der Waals surface area contributed by atoms with Gasteiger partial charge in [0.2, 0.25) is 0 Å². The van der Waals surface area contributed by atoms with E-state index >= 15 is 0 Å². The van der Waals surface area contributed by atoms with Crippen LogP contribution in [0.1, 0.15) is 38.8 Å². The highest BCUT2D eigenvalue weighted by atomic mass is 32.2. The molecule has 20 heavy (non-hydrogen) atoms. The van der Waals surface area contributed by atoms with Crippen molar-refractivity contribution in [2.24, 2.45) is 4.99 Å². The molecule has 0 heterocycles. The van der Waals surface area contributed by atoms with Gasteiger partial charge in [0, 0.05) is 11.1 Å². The number of hydrogen-bond acceptors (Lipinski definition) is 2. The first-order valence-corrected chi connectivity index (χ1v) is 7.62. The van der Waals surface area contributed by atoms with E-state index in [2.05, 4.69) is 43.3 Å². The smallest absolute Gasteiger partial charge is 0.103 e. The predicted octanol–water partition coefficient (Wildman–Crippen LogP) is 5.88. The molecular formula is C18H23NS. The fourth-order valence-corrected chi connectivity index (χ4v) is 2.67. The van der Waals surface area contributed by atoms with Crippen molar-refractivity contribution in [1.82, 2.24) is 0 Å². The Morgan fingerprint density at radius 1 is 1.30 bits per heavy atom. The highest BCUT2D eigenvalue weighted by Crippen LogP contribution is 2.28. The van der Waals surface area contributed by atoms with E-state index in [0.29, 0.717) is 0 Å². The number of nitrogens with zero attached hydrogens (tertiary/aromatic N) is 1. The van der Waals surface area contributed by atoms with Crippen LogP contribution >= 0.6 is 11.8 Å². The molecule has 0 saturated heterocycles. The SMILES string of the molecule is C=C(C)C(=N/C=C\C)Sc1ccc(C(=C)C)c(CC)c1. The molecule has 0 bridgehead atoms. The quantitative estimate of drug-likeness (QED) is 0.374. The first-order valence-electron chi connectivity index (χ1n) is 6.81. The van der Waals surface area contributed by atoms with Crippen LogP contribution in [0.25, 0.3) is 5.57 Å². The summed E-state index contributed by atoms with van der Waals surface area (Å²) < 4.78 is 0. The number of hydrogen-bond donors (Lipinski definition) is 0. The maximum Gasteiger partial charge on any atom is 0.103 e. The molecule has 106 valence electrons. The van der Waals surface area contributed by atoms with Crippen LogP contribution in [0.5, 0.6) is 0 Å². The largest absolute Gasteiger partial charge is 0.250 e. The number of allylic oxidation sites excluding steroid dienone is 2. The molecule has 0 aliphatic heterocycles. The van der Waals surface area contributed by atoms with Gasteiger partial charge in [0.1, 0.15) is 5.04 Å². The van der Waals surface area contributed by atoms with Gasteiger partial charge >= 0.3 is 0 Å². The number of aryl methyl sites for hydroxylation is 1. The Morgan fingerprint density at radius 2 is 2.00 bits per heavy atom. The van der Waals surface area contributed by atoms with Crippen LogP contribution in [0.3, 0.4) is 0 Å². The number of thioether (sulfide) groups is 1. The van der Waals surface area contributed by atoms with Crippen LogP contribution < -0.4 is 0 Å². The van der Waals surface area contributed by atoms with E-state index in [9.17, 15) is 0 Å². The van der Waals surface area contributed by atoms with Crippen molar-refractivity contribution < 1.29 is 0 Å². The monoisotopic (exact) mass is 285 g/mol. The van der Waals surface area contributed by atoms with Gasteiger partial charge in [-0.05, 0) is 56.0 Å². The summed E-state index contributed by atoms with van der Waals surface area (Å²) in [5.74, 6) is 0. The van der Waals surface area contributed by atoms with Crippen LogP contribution in [-0.2, 0) is 6.42 Å². The van der Waals surface area contributed by atoms with E-state index in [-0.39, 0.29) is 0 Å². The van der Waals surface area contributed by atoms with Crippen molar-refractivity contribution in [2.45, 2.75) is 39.0 Å². The van der Waals surface area contributed by atoms with Gasteiger partial charge < -0.3 is 0 Å². The molecular weight excluding hydrogens is 262 g/mol. The van der Waals surface area contributed by atoms with Crippen LogP contribution in [-0.4, -0.2) is 5.04 Å². The minimum atomic E-state index is 0.952. The third kappa shape index (κ3) is 4.53. The molecule has 0 fully saturated rings. The maximum atomic E-state index is 4.43. The van der Waals surface area contributed by atoms with Crippen molar-refractivity contribution >= 4 is 22.4 Å². The molecule has 2 heteroatoms. The Bertz CT molecular complexity index is 565. The minimum absolute atomic E-state index is 0.952. The van der Waals surface area contributed by atoms with Gasteiger partial charge in [-0.15, -0.1) is 0 Å². The molecule has 0 aliphatic carbocycles. The third-order valence-corrected chi connectivity index (χ3v) is 3.97. The van der Waals surface area contributed by atoms with Gasteiger partial charge in [-0.25, -0.2) is 4.99 Å². The third-order valence-electron chi connectivity index (χ3n) is 2.84. The summed E-state index contributed by atoms with van der Waals surface area (Å²) in [5.41, 5.74) is 4.67. The zero-order chi connectivity index (χ0) is 15.1. The summed E-state index contributed by atoms with van der Waals surface area (Å²) in [7, 11) is 0. The first kappa shape index (κ1) is 16.5. The molecule has 1 aromatic carbocycles. The summed E-state index contributed by atoms with van der Waals surface area (Å²) in [6, 6.07) is 6.50. The van der Waals surface area contributed by atoms with Gasteiger partial charge in [-0.3, -0.25) is 0 Å². The molecule has 1 rings (SSSR count). The van der Waals surface area contributed by atoms with E-state index in [1.807, 2.05) is 26.8 Å². The van der Waals surface area contributed by atoms with Crippen LogP contribution in [0, 0.1) is 0 Å². The summed E-state index contributed by atoms with van der Waals surface area (Å²) in [6.45, 7) is 16.2. The van der Waals surface area contributed by atoms with Crippen molar-refractivity contribution in [2.75, 3.05) is 0 Å². The molecule has 0 spiro atoms. The Hall–Kier alpha value is -1.54. The average Bonchev–Trinajstić information content (AvgIpc) is 2.42. The fraction of sp³-hybridized carbons (Fsp3) is 0.278. The lowest BCUT2D eigenvalue weighted by Crippen LogP contribution is -1.95. The van der Waals surface area contributed by atoms with Crippen LogP contribution in [0.2, 0.25) is 0 Å². The standard InChI is InChI=1S/C18H23NS/c1-7-11-19-18(14(5)6)20-16-9-10-17(13(3)4)15(8-2)12-16/h7,9-12H,3,5,8H2,1-2,4,6H3/b11-7-,19-18?. The Labute approximate surface area is 127 Å². The molecule has 0 aromatic heterocycles. The van der Waals surface area contributed by atoms with Gasteiger partial charge in [0.05, 0.1) is 0 Å². The highest BCUT2D eigenvalue weighted by molar-refractivity contribution is 8.14. The lowest BCUT2D eigenvalue weighted by atomic mass is 10.0. The maximum absolute atomic E-state index is 4.43. The zero-order valence-corrected chi connectivity index (χ0v) is 13.7. The average molecular weight is 285 g/mol. The lowest BCUT2D eigenvalue weighted by Gasteiger charge is -2.11. The molecule has 0 saturated carbocycles. The van der Waals surface area contributed by atoms with Crippen molar-refractivity contribution in [3.63, 3.8) is 0 Å². The second-order valence-electron chi connectivity index (χ2n) is 4.75. The summed E-state index contributed by atoms with van der Waals surface area (Å²) in [4.78, 5) is 5.62. The van der Waals surface area contributed by atoms with E-state index in [1.165, 1.54) is 16.0 Å². The minimum Gasteiger partial charge on any atom is -0.250 e. The second kappa shape index (κ2) is 7.91. The molecule has 0 amide bonds. The van der Waals surface area contributed by atoms with Gasteiger partial charge in [-0.1, -0.05) is 49.6 Å². The van der Waals surface area contributed by atoms with Gasteiger partial charge in [-0.2, -0.15) is 0 Å². The number of aliphatic imine (C=N–C) groups is 1. The molecule has 0 aliphatic rings. The molecule has 0 radical (unpaired) electrons. The van der Waals surface area contributed by atoms with E-state index < -0.39 is 0 Å². The zero-order valence-electron chi connectivity index (χ0n) is 12.9. The van der Waals surface area contributed by atoms with Gasteiger partial charge in [0.25, 0.3) is 0 Å². The molecule has 0 unspecified atom stereocenters. The summed E-state index contributed by atoms with van der Waals surface area (Å²) >= 11 is 1.66. The highest BCUT2D eigenvalue weighted by Gasteiger charge is 2.07. The molecule has 1 nitrogen and oxygen atoms in total. The van der Waals surface area contributed by atoms with Gasteiger partial charge in [0.15, 0.2) is 0 Å². The summed E-state index contributed by atoms with van der Waals surface area (Å²) in [5, 5.41) is 0.952. The number of rotatable bonds is 5. The van der Waals surface area contributed by atoms with E-state index in [4.69, 9.17) is 0 Å². The van der Waals surface area contributed by atoms with Crippen LogP contribution in [0.4, 0.5) is 0 Å². The normalized spacial score (nSPS) is 11.9. The Kier molecular flexibility index (Phi) is 6.53. The Balaban J connectivity index is 3.09. The summed E-state index contributed by atoms with van der Waals surface area (Å²) in [6.07, 6.45) is 4.73. The topological polar surface area (TPSA) is 12.4 Å². The predicted molar refractivity (Wildman–Crippen MR) is 93.4 cm³/mol. The van der Waals surface area contributed by atoms with Crippen molar-refractivity contribution in [3.8, 4) is 0 Å². The van der Waals surface area contributed by atoms with Crippen LogP contribution in [0.15, 0.2) is 59.1 Å². The lowest BCUT2D eigenvalue weighted by molar-refractivity contribution is 1.11. The van der Waals surface area contributed by atoms with E-state index in [1.54, 1.807) is 18.0 Å². The van der Waals surface area contributed by atoms with Crippen molar-refractivity contribution in [1.29, 1.82) is 0 Å². The molecule has 1 aromatic rings. The fourth-order valence-electron chi connectivity index (χ4n) is 1.82. The van der Waals surface area contributed by atoms with E-state index in [0.717, 1.165) is 22.6 Å². The Morgan fingerprint density at radius 3 is 2.50 bits per heavy atom. The second-order valence-corrected chi connectivity index (χ2v) is 5.81. The number of benzene rings is 1. The first-order chi connectivity index (χ1) is 9.49. The molecule has 0 N–H and O–H groups in total. The molecule has 0 atom stereocenters.